The molecule has 1 fully saturated rings. The van der Waals surface area contributed by atoms with Gasteiger partial charge in [-0.15, -0.1) is 0 Å². The van der Waals surface area contributed by atoms with Crippen LogP contribution in [0.2, 0.25) is 0 Å². The van der Waals surface area contributed by atoms with Crippen LogP contribution in [0.1, 0.15) is 19.4 Å². The number of anilines is 2. The van der Waals surface area contributed by atoms with Crippen LogP contribution in [-0.4, -0.2) is 24.9 Å². The highest BCUT2D eigenvalue weighted by Gasteiger charge is 2.29. The van der Waals surface area contributed by atoms with Gasteiger partial charge in [-0.05, 0) is 43.1 Å². The molecule has 1 aliphatic heterocycles. The molecule has 0 bridgehead atoms. The van der Waals surface area contributed by atoms with E-state index in [-0.39, 0.29) is 17.7 Å². The van der Waals surface area contributed by atoms with Gasteiger partial charge in [-0.2, -0.15) is 0 Å². The van der Waals surface area contributed by atoms with E-state index in [1.807, 2.05) is 25.1 Å². The van der Waals surface area contributed by atoms with Crippen molar-refractivity contribution in [3.05, 3.63) is 23.8 Å². The predicted octanol–water partition coefficient (Wildman–Crippen LogP) is 1.75. The molecule has 20 heavy (non-hydrogen) atoms. The number of carbonyl (C=O) groups excluding carboxylic acids is 2. The summed E-state index contributed by atoms with van der Waals surface area (Å²) >= 11 is 0. The molecule has 2 rings (SSSR count). The number of hydrogen-bond donors (Lipinski definition) is 3. The van der Waals surface area contributed by atoms with E-state index >= 15 is 0 Å². The van der Waals surface area contributed by atoms with Gasteiger partial charge in [-0.25, -0.2) is 0 Å². The lowest BCUT2D eigenvalue weighted by Crippen LogP contribution is -2.27. The highest BCUT2D eigenvalue weighted by Crippen LogP contribution is 2.22. The Morgan fingerprint density at radius 2 is 2.00 bits per heavy atom. The van der Waals surface area contributed by atoms with Gasteiger partial charge in [0.2, 0.25) is 11.8 Å². The first kappa shape index (κ1) is 14.5. The van der Waals surface area contributed by atoms with Crippen LogP contribution in [0.25, 0.3) is 0 Å². The summed E-state index contributed by atoms with van der Waals surface area (Å²) in [5.74, 6) is 0.324. The van der Waals surface area contributed by atoms with Crippen molar-refractivity contribution in [2.75, 3.05) is 23.7 Å². The molecule has 1 saturated heterocycles. The van der Waals surface area contributed by atoms with E-state index in [1.54, 1.807) is 0 Å². The minimum Gasteiger partial charge on any atom is -0.326 e. The fourth-order valence-electron chi connectivity index (χ4n) is 2.47. The molecule has 0 spiro atoms. The van der Waals surface area contributed by atoms with E-state index in [1.165, 1.54) is 6.92 Å². The van der Waals surface area contributed by atoms with E-state index in [2.05, 4.69) is 22.9 Å². The minimum absolute atomic E-state index is 0.0188. The summed E-state index contributed by atoms with van der Waals surface area (Å²) in [6.07, 6.45) is 0. The molecule has 1 aliphatic rings. The van der Waals surface area contributed by atoms with Crippen LogP contribution in [0.4, 0.5) is 11.4 Å². The minimum atomic E-state index is -0.101. The molecule has 2 amide bonds. The molecule has 1 aromatic carbocycles. The molecule has 2 atom stereocenters. The molecular weight excluding hydrogens is 254 g/mol. The van der Waals surface area contributed by atoms with Crippen LogP contribution >= 0.6 is 0 Å². The lowest BCUT2D eigenvalue weighted by molar-refractivity contribution is -0.120. The second-order valence-electron chi connectivity index (χ2n) is 5.44. The topological polar surface area (TPSA) is 70.2 Å². The normalized spacial score (nSPS) is 21.6. The summed E-state index contributed by atoms with van der Waals surface area (Å²) in [4.78, 5) is 23.2. The number of amides is 2. The SMILES string of the molecule is CC(=O)Nc1ccc(NC(=O)[C@@H]2CNC[C@H]2C)cc1C. The zero-order chi connectivity index (χ0) is 14.7. The third-order valence-corrected chi connectivity index (χ3v) is 3.66. The molecule has 0 radical (unpaired) electrons. The van der Waals surface area contributed by atoms with Crippen LogP contribution in [-0.2, 0) is 9.59 Å². The molecule has 0 aliphatic carbocycles. The van der Waals surface area contributed by atoms with Crippen molar-refractivity contribution in [3.8, 4) is 0 Å². The second kappa shape index (κ2) is 6.05. The summed E-state index contributed by atoms with van der Waals surface area (Å²) in [5.41, 5.74) is 2.46. The number of hydrogen-bond acceptors (Lipinski definition) is 3. The molecule has 0 saturated carbocycles. The Hall–Kier alpha value is -1.88. The molecule has 0 aromatic heterocycles. The van der Waals surface area contributed by atoms with E-state index in [0.717, 1.165) is 30.0 Å². The maximum atomic E-state index is 12.2. The molecule has 0 unspecified atom stereocenters. The van der Waals surface area contributed by atoms with Gasteiger partial charge in [-0.1, -0.05) is 6.92 Å². The Labute approximate surface area is 119 Å². The molecule has 1 aromatic rings. The zero-order valence-electron chi connectivity index (χ0n) is 12.1. The summed E-state index contributed by atoms with van der Waals surface area (Å²) in [5, 5.41) is 8.92. The second-order valence-corrected chi connectivity index (χ2v) is 5.44. The van der Waals surface area contributed by atoms with E-state index in [0.29, 0.717) is 5.92 Å². The van der Waals surface area contributed by atoms with Crippen molar-refractivity contribution in [2.45, 2.75) is 20.8 Å². The first-order valence-electron chi connectivity index (χ1n) is 6.87. The summed E-state index contributed by atoms with van der Waals surface area (Å²) in [6, 6.07) is 5.49. The monoisotopic (exact) mass is 275 g/mol. The van der Waals surface area contributed by atoms with E-state index in [9.17, 15) is 9.59 Å². The number of carbonyl (C=O) groups is 2. The van der Waals surface area contributed by atoms with Crippen LogP contribution in [0.3, 0.4) is 0 Å². The summed E-state index contributed by atoms with van der Waals surface area (Å²) in [7, 11) is 0. The van der Waals surface area contributed by atoms with Gasteiger partial charge in [0.1, 0.15) is 0 Å². The quantitative estimate of drug-likeness (QED) is 0.787. The van der Waals surface area contributed by atoms with E-state index < -0.39 is 0 Å². The molecule has 5 heteroatoms. The lowest BCUT2D eigenvalue weighted by atomic mass is 9.97. The van der Waals surface area contributed by atoms with Gasteiger partial charge >= 0.3 is 0 Å². The molecular formula is C15H21N3O2. The van der Waals surface area contributed by atoms with Crippen molar-refractivity contribution in [1.29, 1.82) is 0 Å². The summed E-state index contributed by atoms with van der Waals surface area (Å²) < 4.78 is 0. The van der Waals surface area contributed by atoms with Gasteiger partial charge in [0.25, 0.3) is 0 Å². The van der Waals surface area contributed by atoms with Crippen LogP contribution < -0.4 is 16.0 Å². The zero-order valence-corrected chi connectivity index (χ0v) is 12.1. The van der Waals surface area contributed by atoms with Crippen molar-refractivity contribution < 1.29 is 9.59 Å². The average Bonchev–Trinajstić information content (AvgIpc) is 2.78. The first-order chi connectivity index (χ1) is 9.47. The van der Waals surface area contributed by atoms with Gasteiger partial charge in [-0.3, -0.25) is 9.59 Å². The van der Waals surface area contributed by atoms with Crippen molar-refractivity contribution in [2.24, 2.45) is 11.8 Å². The van der Waals surface area contributed by atoms with Gasteiger partial charge in [0.05, 0.1) is 5.92 Å². The lowest BCUT2D eigenvalue weighted by Gasteiger charge is -2.15. The highest BCUT2D eigenvalue weighted by atomic mass is 16.2. The van der Waals surface area contributed by atoms with Gasteiger partial charge < -0.3 is 16.0 Å². The van der Waals surface area contributed by atoms with Crippen molar-refractivity contribution in [1.82, 2.24) is 5.32 Å². The molecule has 1 heterocycles. The Balaban J connectivity index is 2.04. The largest absolute Gasteiger partial charge is 0.326 e. The van der Waals surface area contributed by atoms with E-state index in [4.69, 9.17) is 0 Å². The maximum Gasteiger partial charge on any atom is 0.229 e. The van der Waals surface area contributed by atoms with Crippen molar-refractivity contribution in [3.63, 3.8) is 0 Å². The van der Waals surface area contributed by atoms with Gasteiger partial charge in [0, 0.05) is 24.8 Å². The number of benzene rings is 1. The first-order valence-corrected chi connectivity index (χ1v) is 6.87. The van der Waals surface area contributed by atoms with Crippen LogP contribution in [0.5, 0.6) is 0 Å². The van der Waals surface area contributed by atoms with Crippen LogP contribution in [0.15, 0.2) is 18.2 Å². The fraction of sp³-hybridized carbons (Fsp3) is 0.467. The molecule has 5 nitrogen and oxygen atoms in total. The molecule has 3 N–H and O–H groups in total. The van der Waals surface area contributed by atoms with Crippen LogP contribution in [0, 0.1) is 18.8 Å². The average molecular weight is 275 g/mol. The number of rotatable bonds is 3. The number of aryl methyl sites for hydroxylation is 1. The third-order valence-electron chi connectivity index (χ3n) is 3.66. The number of nitrogens with one attached hydrogen (secondary N) is 3. The van der Waals surface area contributed by atoms with Crippen molar-refractivity contribution >= 4 is 23.2 Å². The maximum absolute atomic E-state index is 12.2. The molecule has 108 valence electrons. The summed E-state index contributed by atoms with van der Waals surface area (Å²) in [6.45, 7) is 7.08. The Morgan fingerprint density at radius 3 is 2.55 bits per heavy atom. The predicted molar refractivity (Wildman–Crippen MR) is 79.6 cm³/mol. The Bertz CT molecular complexity index is 528. The smallest absolute Gasteiger partial charge is 0.229 e. The third kappa shape index (κ3) is 3.36. The Kier molecular flexibility index (Phi) is 4.39. The highest BCUT2D eigenvalue weighted by molar-refractivity contribution is 5.94. The Morgan fingerprint density at radius 1 is 1.25 bits per heavy atom. The standard InChI is InChI=1S/C15H21N3O2/c1-9-6-12(4-5-14(9)17-11(3)19)18-15(20)13-8-16-7-10(13)2/h4-6,10,13,16H,7-8H2,1-3H3,(H,17,19)(H,18,20)/t10-,13-/m1/s1. The fourth-order valence-corrected chi connectivity index (χ4v) is 2.47. The van der Waals surface area contributed by atoms with Gasteiger partial charge in [0.15, 0.2) is 0 Å².